The zero-order valence-corrected chi connectivity index (χ0v) is 17.9. The molecule has 2 amide bonds. The number of nitrogens with one attached hydrogen (secondary N) is 2. The number of fused-ring (bicyclic) bond motifs is 1. The molecule has 33 heavy (non-hydrogen) atoms. The normalized spacial score (nSPS) is 16.4. The number of carbonyl (C=O) groups is 2. The number of benzene rings is 2. The fourth-order valence-electron chi connectivity index (χ4n) is 3.33. The first-order chi connectivity index (χ1) is 15.8. The minimum absolute atomic E-state index is 0.00209. The predicted octanol–water partition coefficient (Wildman–Crippen LogP) is 4.37. The number of amides is 2. The van der Waals surface area contributed by atoms with E-state index in [1.54, 1.807) is 12.1 Å². The molecule has 1 atom stereocenters. The summed E-state index contributed by atoms with van der Waals surface area (Å²) in [6.45, 7) is 0. The minimum Gasteiger partial charge on any atom is -0.324 e. The summed E-state index contributed by atoms with van der Waals surface area (Å²) < 4.78 is 41.3. The number of H-pyrrole nitrogens is 1. The van der Waals surface area contributed by atoms with Crippen LogP contribution in [0.1, 0.15) is 17.8 Å². The van der Waals surface area contributed by atoms with Crippen LogP contribution < -0.4 is 10.2 Å². The van der Waals surface area contributed by atoms with E-state index >= 15 is 0 Å². The summed E-state index contributed by atoms with van der Waals surface area (Å²) >= 11 is 0.908. The van der Waals surface area contributed by atoms with Crippen molar-refractivity contribution in [1.82, 2.24) is 15.2 Å². The summed E-state index contributed by atoms with van der Waals surface area (Å²) in [6, 6.07) is 13.2. The largest absolute Gasteiger partial charge is 0.409 e. The molecule has 0 saturated carbocycles. The van der Waals surface area contributed by atoms with E-state index in [0.29, 0.717) is 10.7 Å². The Hall–Kier alpha value is -3.60. The highest BCUT2D eigenvalue weighted by atomic mass is 32.2. The maximum absolute atomic E-state index is 13.8. The Balaban J connectivity index is 1.50. The molecule has 2 N–H and O–H groups in total. The maximum Gasteiger partial charge on any atom is 0.409 e. The third-order valence-corrected chi connectivity index (χ3v) is 5.65. The number of hydrogen-bond acceptors (Lipinski definition) is 5. The molecular formula is C22H18F3N5O2S. The predicted molar refractivity (Wildman–Crippen MR) is 119 cm³/mol. The number of thioether (sulfide) groups is 1. The van der Waals surface area contributed by atoms with E-state index in [0.717, 1.165) is 17.3 Å². The van der Waals surface area contributed by atoms with E-state index < -0.39 is 30.5 Å². The van der Waals surface area contributed by atoms with Crippen molar-refractivity contribution in [2.45, 2.75) is 23.8 Å². The Labute approximate surface area is 191 Å². The number of alkyl halides is 3. The lowest BCUT2D eigenvalue weighted by atomic mass is 10.1. The molecule has 3 aromatic rings. The van der Waals surface area contributed by atoms with Gasteiger partial charge in [-0.1, -0.05) is 60.3 Å². The molecule has 170 valence electrons. The van der Waals surface area contributed by atoms with Gasteiger partial charge in [-0.15, -0.1) is 5.10 Å². The summed E-state index contributed by atoms with van der Waals surface area (Å²) in [7, 11) is 0. The van der Waals surface area contributed by atoms with Crippen LogP contribution >= 0.6 is 11.8 Å². The second-order valence-corrected chi connectivity index (χ2v) is 8.07. The molecule has 0 radical (unpaired) electrons. The van der Waals surface area contributed by atoms with Crippen LogP contribution in [0.25, 0.3) is 12.2 Å². The van der Waals surface area contributed by atoms with E-state index in [1.165, 1.54) is 18.2 Å². The van der Waals surface area contributed by atoms with Crippen molar-refractivity contribution >= 4 is 47.1 Å². The van der Waals surface area contributed by atoms with Crippen molar-refractivity contribution in [2.24, 2.45) is 0 Å². The van der Waals surface area contributed by atoms with Crippen LogP contribution in [0.5, 0.6) is 0 Å². The number of rotatable bonds is 5. The number of carbonyl (C=O) groups excluding carboxylic acids is 2. The second kappa shape index (κ2) is 9.49. The number of anilines is 2. The zero-order chi connectivity index (χ0) is 23.4. The first kappa shape index (κ1) is 22.6. The van der Waals surface area contributed by atoms with E-state index in [4.69, 9.17) is 0 Å². The molecule has 11 heteroatoms. The van der Waals surface area contributed by atoms with E-state index in [9.17, 15) is 22.8 Å². The molecule has 1 aromatic heterocycles. The lowest BCUT2D eigenvalue weighted by Gasteiger charge is -2.31. The number of nitrogens with zero attached hydrogens (tertiary/aromatic N) is 3. The highest BCUT2D eigenvalue weighted by Gasteiger charge is 2.48. The smallest absolute Gasteiger partial charge is 0.324 e. The molecular weight excluding hydrogens is 455 g/mol. The number of aromatic nitrogens is 3. The number of aromatic amines is 1. The molecule has 1 aliphatic heterocycles. The standard InChI is InChI=1S/C22H18F3N5O2S/c23-22(24,25)17-12-19(31)26-15-8-4-5-9-16(15)30(17)20(32)13-33-21-27-18(28-29-21)11-10-14-6-2-1-3-7-14/h1-11,17H,12-13H2,(H,26,31)(H,27,28,29)/b11-10+. The SMILES string of the molecule is O=C1CC(C(F)(F)F)N(C(=O)CSc2n[nH]c(/C=C/c3ccccc3)n2)c2ccccc2N1. The lowest BCUT2D eigenvalue weighted by molar-refractivity contribution is -0.157. The molecule has 0 spiro atoms. The molecule has 2 heterocycles. The first-order valence-corrected chi connectivity index (χ1v) is 10.9. The average Bonchev–Trinajstić information content (AvgIpc) is 3.18. The van der Waals surface area contributed by atoms with Gasteiger partial charge in [0.2, 0.25) is 17.0 Å². The maximum atomic E-state index is 13.8. The number of halogens is 3. The van der Waals surface area contributed by atoms with Crippen molar-refractivity contribution < 1.29 is 22.8 Å². The average molecular weight is 473 g/mol. The van der Waals surface area contributed by atoms with Crippen molar-refractivity contribution in [3.05, 3.63) is 66.0 Å². The monoisotopic (exact) mass is 473 g/mol. The third kappa shape index (κ3) is 5.43. The van der Waals surface area contributed by atoms with Gasteiger partial charge in [0.15, 0.2) is 0 Å². The zero-order valence-electron chi connectivity index (χ0n) is 17.0. The summed E-state index contributed by atoms with van der Waals surface area (Å²) in [5.41, 5.74) is 1.11. The summed E-state index contributed by atoms with van der Waals surface area (Å²) in [6.07, 6.45) is -2.14. The highest BCUT2D eigenvalue weighted by Crippen LogP contribution is 2.38. The van der Waals surface area contributed by atoms with E-state index in [2.05, 4.69) is 20.5 Å². The van der Waals surface area contributed by atoms with Gasteiger partial charge in [0, 0.05) is 0 Å². The van der Waals surface area contributed by atoms with Gasteiger partial charge in [-0.3, -0.25) is 19.6 Å². The van der Waals surface area contributed by atoms with Gasteiger partial charge in [-0.2, -0.15) is 13.2 Å². The van der Waals surface area contributed by atoms with Gasteiger partial charge >= 0.3 is 6.18 Å². The molecule has 4 rings (SSSR count). The fourth-order valence-corrected chi connectivity index (χ4v) is 3.99. The van der Waals surface area contributed by atoms with Gasteiger partial charge < -0.3 is 5.32 Å². The number of para-hydroxylation sites is 2. The Morgan fingerprint density at radius 2 is 1.85 bits per heavy atom. The van der Waals surface area contributed by atoms with Gasteiger partial charge in [0.05, 0.1) is 23.5 Å². The Morgan fingerprint density at radius 3 is 2.61 bits per heavy atom. The summed E-state index contributed by atoms with van der Waals surface area (Å²) in [4.78, 5) is 29.9. The van der Waals surface area contributed by atoms with Gasteiger partial charge in [0.25, 0.3) is 0 Å². The highest BCUT2D eigenvalue weighted by molar-refractivity contribution is 7.99. The molecule has 0 fully saturated rings. The molecule has 1 unspecified atom stereocenters. The van der Waals surface area contributed by atoms with Crippen LogP contribution in [-0.4, -0.2) is 45.0 Å². The fraction of sp³-hybridized carbons (Fsp3) is 0.182. The van der Waals surface area contributed by atoms with Crippen molar-refractivity contribution in [2.75, 3.05) is 16.0 Å². The van der Waals surface area contributed by atoms with Crippen LogP contribution in [0.15, 0.2) is 59.8 Å². The summed E-state index contributed by atoms with van der Waals surface area (Å²) in [5.74, 6) is -1.51. The van der Waals surface area contributed by atoms with Gasteiger partial charge in [-0.25, -0.2) is 4.98 Å². The Morgan fingerprint density at radius 1 is 1.12 bits per heavy atom. The second-order valence-electron chi connectivity index (χ2n) is 7.13. The topological polar surface area (TPSA) is 91.0 Å². The molecule has 7 nitrogen and oxygen atoms in total. The van der Waals surface area contributed by atoms with Crippen molar-refractivity contribution in [1.29, 1.82) is 0 Å². The van der Waals surface area contributed by atoms with Crippen LogP contribution in [0.3, 0.4) is 0 Å². The molecule has 1 aliphatic rings. The minimum atomic E-state index is -4.78. The lowest BCUT2D eigenvalue weighted by Crippen LogP contribution is -2.50. The Kier molecular flexibility index (Phi) is 6.50. The Bertz CT molecular complexity index is 1180. The van der Waals surface area contributed by atoms with Crippen LogP contribution in [0.2, 0.25) is 0 Å². The van der Waals surface area contributed by atoms with Crippen molar-refractivity contribution in [3.63, 3.8) is 0 Å². The number of hydrogen-bond donors (Lipinski definition) is 2. The van der Waals surface area contributed by atoms with E-state index in [1.807, 2.05) is 36.4 Å². The summed E-state index contributed by atoms with van der Waals surface area (Å²) in [5, 5.41) is 9.38. The molecule has 0 saturated heterocycles. The first-order valence-electron chi connectivity index (χ1n) is 9.87. The van der Waals surface area contributed by atoms with Gasteiger partial charge in [0.1, 0.15) is 11.9 Å². The van der Waals surface area contributed by atoms with Crippen molar-refractivity contribution in [3.8, 4) is 0 Å². The van der Waals surface area contributed by atoms with Crippen LogP contribution in [-0.2, 0) is 9.59 Å². The molecule has 2 aromatic carbocycles. The van der Waals surface area contributed by atoms with Gasteiger partial charge in [-0.05, 0) is 23.8 Å². The third-order valence-electron chi connectivity index (χ3n) is 4.81. The molecule has 0 bridgehead atoms. The van der Waals surface area contributed by atoms with Crippen LogP contribution in [0.4, 0.5) is 24.5 Å². The molecule has 0 aliphatic carbocycles. The van der Waals surface area contributed by atoms with E-state index in [-0.39, 0.29) is 22.3 Å². The van der Waals surface area contributed by atoms with Crippen LogP contribution in [0, 0.1) is 0 Å². The quantitative estimate of drug-likeness (QED) is 0.537.